The SMILES string of the molecule is CC1CC1C(=O)Nc1cccc(C(=O)Nc2ccc(F)cc2F)c1. The van der Waals surface area contributed by atoms with Gasteiger partial charge in [-0.15, -0.1) is 0 Å². The molecule has 0 aromatic heterocycles. The van der Waals surface area contributed by atoms with Gasteiger partial charge in [0.15, 0.2) is 0 Å². The van der Waals surface area contributed by atoms with E-state index in [1.807, 2.05) is 6.92 Å². The third kappa shape index (κ3) is 3.59. The third-order valence-electron chi connectivity index (χ3n) is 4.02. The summed E-state index contributed by atoms with van der Waals surface area (Å²) < 4.78 is 26.5. The zero-order valence-electron chi connectivity index (χ0n) is 13.0. The van der Waals surface area contributed by atoms with E-state index in [9.17, 15) is 18.4 Å². The molecule has 24 heavy (non-hydrogen) atoms. The van der Waals surface area contributed by atoms with E-state index in [4.69, 9.17) is 0 Å². The third-order valence-corrected chi connectivity index (χ3v) is 4.02. The molecule has 3 rings (SSSR count). The van der Waals surface area contributed by atoms with Crippen LogP contribution < -0.4 is 10.6 Å². The number of halogens is 2. The maximum atomic E-state index is 13.6. The number of amides is 2. The Hall–Kier alpha value is -2.76. The number of carbonyl (C=O) groups excluding carboxylic acids is 2. The highest BCUT2D eigenvalue weighted by Gasteiger charge is 2.39. The molecule has 0 aliphatic heterocycles. The Balaban J connectivity index is 1.70. The van der Waals surface area contributed by atoms with E-state index < -0.39 is 17.5 Å². The highest BCUT2D eigenvalue weighted by Crippen LogP contribution is 2.38. The van der Waals surface area contributed by atoms with Gasteiger partial charge in [0.2, 0.25) is 5.91 Å². The van der Waals surface area contributed by atoms with Gasteiger partial charge in [0.05, 0.1) is 5.69 Å². The van der Waals surface area contributed by atoms with Crippen molar-refractivity contribution in [1.82, 2.24) is 0 Å². The Morgan fingerprint density at radius 3 is 2.50 bits per heavy atom. The Kier molecular flexibility index (Phi) is 4.29. The molecule has 2 aromatic rings. The fourth-order valence-electron chi connectivity index (χ4n) is 2.45. The summed E-state index contributed by atoms with van der Waals surface area (Å²) in [6.45, 7) is 2.01. The van der Waals surface area contributed by atoms with Gasteiger partial charge in [0, 0.05) is 23.2 Å². The standard InChI is InChI=1S/C18H16F2N2O2/c1-10-7-14(10)18(24)21-13-4-2-3-11(8-13)17(23)22-16-6-5-12(19)9-15(16)20/h2-6,8-10,14H,7H2,1H3,(H,21,24)(H,22,23). The van der Waals surface area contributed by atoms with Crippen molar-refractivity contribution in [3.63, 3.8) is 0 Å². The first-order valence-electron chi connectivity index (χ1n) is 7.61. The summed E-state index contributed by atoms with van der Waals surface area (Å²) in [6, 6.07) is 9.29. The summed E-state index contributed by atoms with van der Waals surface area (Å²) in [7, 11) is 0. The molecular formula is C18H16F2N2O2. The van der Waals surface area contributed by atoms with Gasteiger partial charge in [-0.05, 0) is 42.7 Å². The molecule has 1 fully saturated rings. The fourth-order valence-corrected chi connectivity index (χ4v) is 2.45. The minimum absolute atomic E-state index is 0.0239. The van der Waals surface area contributed by atoms with Gasteiger partial charge in [-0.25, -0.2) is 8.78 Å². The van der Waals surface area contributed by atoms with E-state index in [1.165, 1.54) is 6.07 Å². The molecule has 1 saturated carbocycles. The van der Waals surface area contributed by atoms with Crippen LogP contribution in [0.4, 0.5) is 20.2 Å². The topological polar surface area (TPSA) is 58.2 Å². The second-order valence-corrected chi connectivity index (χ2v) is 5.97. The molecule has 1 aliphatic rings. The lowest BCUT2D eigenvalue weighted by Crippen LogP contribution is -2.16. The highest BCUT2D eigenvalue weighted by atomic mass is 19.1. The van der Waals surface area contributed by atoms with E-state index in [1.54, 1.807) is 18.2 Å². The average Bonchev–Trinajstić information content (AvgIpc) is 3.27. The van der Waals surface area contributed by atoms with Crippen LogP contribution in [-0.4, -0.2) is 11.8 Å². The van der Waals surface area contributed by atoms with Gasteiger partial charge in [-0.1, -0.05) is 13.0 Å². The number of anilines is 2. The number of hydrogen-bond acceptors (Lipinski definition) is 2. The number of carbonyl (C=O) groups is 2. The van der Waals surface area contributed by atoms with Crippen molar-refractivity contribution in [2.45, 2.75) is 13.3 Å². The predicted octanol–water partition coefficient (Wildman–Crippen LogP) is 3.81. The van der Waals surface area contributed by atoms with E-state index in [0.717, 1.165) is 18.6 Å². The molecular weight excluding hydrogens is 314 g/mol. The summed E-state index contributed by atoms with van der Waals surface area (Å²) >= 11 is 0. The fraction of sp³-hybridized carbons (Fsp3) is 0.222. The van der Waals surface area contributed by atoms with Crippen LogP contribution in [0.3, 0.4) is 0 Å². The Morgan fingerprint density at radius 1 is 1.08 bits per heavy atom. The predicted molar refractivity (Wildman–Crippen MR) is 86.7 cm³/mol. The first kappa shape index (κ1) is 16.1. The number of hydrogen-bond donors (Lipinski definition) is 2. The lowest BCUT2D eigenvalue weighted by Gasteiger charge is -2.09. The first-order valence-corrected chi connectivity index (χ1v) is 7.61. The van der Waals surface area contributed by atoms with Gasteiger partial charge in [0.1, 0.15) is 11.6 Å². The molecule has 0 bridgehead atoms. The van der Waals surface area contributed by atoms with Crippen molar-refractivity contribution in [3.8, 4) is 0 Å². The molecule has 6 heteroatoms. The van der Waals surface area contributed by atoms with Gasteiger partial charge in [-0.2, -0.15) is 0 Å². The molecule has 0 saturated heterocycles. The maximum Gasteiger partial charge on any atom is 0.255 e. The van der Waals surface area contributed by atoms with E-state index in [-0.39, 0.29) is 23.1 Å². The molecule has 1 aliphatic carbocycles. The summed E-state index contributed by atoms with van der Waals surface area (Å²) in [6.07, 6.45) is 0.871. The average molecular weight is 330 g/mol. The van der Waals surface area contributed by atoms with Crippen molar-refractivity contribution in [3.05, 3.63) is 59.7 Å². The van der Waals surface area contributed by atoms with Crippen molar-refractivity contribution >= 4 is 23.2 Å². The van der Waals surface area contributed by atoms with Crippen LogP contribution in [-0.2, 0) is 4.79 Å². The van der Waals surface area contributed by atoms with E-state index >= 15 is 0 Å². The summed E-state index contributed by atoms with van der Waals surface area (Å²) in [4.78, 5) is 24.1. The van der Waals surface area contributed by atoms with Crippen molar-refractivity contribution in [2.24, 2.45) is 11.8 Å². The van der Waals surface area contributed by atoms with Crippen LogP contribution in [0.25, 0.3) is 0 Å². The van der Waals surface area contributed by atoms with Gasteiger partial charge < -0.3 is 10.6 Å². The molecule has 0 radical (unpaired) electrons. The van der Waals surface area contributed by atoms with Crippen molar-refractivity contribution in [1.29, 1.82) is 0 Å². The zero-order valence-corrected chi connectivity index (χ0v) is 13.0. The van der Waals surface area contributed by atoms with Crippen LogP contribution in [0, 0.1) is 23.5 Å². The normalized spacial score (nSPS) is 18.8. The first-order chi connectivity index (χ1) is 11.4. The Morgan fingerprint density at radius 2 is 1.83 bits per heavy atom. The second kappa shape index (κ2) is 6.39. The summed E-state index contributed by atoms with van der Waals surface area (Å²) in [5.41, 5.74) is 0.661. The lowest BCUT2D eigenvalue weighted by atomic mass is 10.1. The van der Waals surface area contributed by atoms with Crippen LogP contribution in [0.15, 0.2) is 42.5 Å². The molecule has 2 unspecified atom stereocenters. The highest BCUT2D eigenvalue weighted by molar-refractivity contribution is 6.05. The smallest absolute Gasteiger partial charge is 0.255 e. The monoisotopic (exact) mass is 330 g/mol. The molecule has 4 nitrogen and oxygen atoms in total. The summed E-state index contributed by atoms with van der Waals surface area (Å²) in [5, 5.41) is 5.15. The molecule has 0 heterocycles. The molecule has 2 N–H and O–H groups in total. The minimum atomic E-state index is -0.851. The number of benzene rings is 2. The lowest BCUT2D eigenvalue weighted by molar-refractivity contribution is -0.117. The van der Waals surface area contributed by atoms with Crippen molar-refractivity contribution < 1.29 is 18.4 Å². The Labute approximate surface area is 137 Å². The van der Waals surface area contributed by atoms with Crippen LogP contribution in [0.5, 0.6) is 0 Å². The van der Waals surface area contributed by atoms with E-state index in [2.05, 4.69) is 10.6 Å². The van der Waals surface area contributed by atoms with Gasteiger partial charge >= 0.3 is 0 Å². The van der Waals surface area contributed by atoms with Gasteiger partial charge in [-0.3, -0.25) is 9.59 Å². The quantitative estimate of drug-likeness (QED) is 0.895. The molecule has 2 atom stereocenters. The van der Waals surface area contributed by atoms with Gasteiger partial charge in [0.25, 0.3) is 5.91 Å². The molecule has 2 amide bonds. The minimum Gasteiger partial charge on any atom is -0.326 e. The zero-order chi connectivity index (χ0) is 17.3. The Bertz CT molecular complexity index is 807. The van der Waals surface area contributed by atoms with E-state index in [0.29, 0.717) is 17.7 Å². The van der Waals surface area contributed by atoms with Crippen LogP contribution >= 0.6 is 0 Å². The molecule has 124 valence electrons. The molecule has 0 spiro atoms. The molecule has 2 aromatic carbocycles. The maximum absolute atomic E-state index is 13.6. The van der Waals surface area contributed by atoms with Crippen LogP contribution in [0.2, 0.25) is 0 Å². The van der Waals surface area contributed by atoms with Crippen LogP contribution in [0.1, 0.15) is 23.7 Å². The largest absolute Gasteiger partial charge is 0.326 e. The number of rotatable bonds is 4. The van der Waals surface area contributed by atoms with Crippen molar-refractivity contribution in [2.75, 3.05) is 10.6 Å². The second-order valence-electron chi connectivity index (χ2n) is 5.97. The summed E-state index contributed by atoms with van der Waals surface area (Å²) in [5.74, 6) is -1.77. The number of nitrogens with one attached hydrogen (secondary N) is 2.